The van der Waals surface area contributed by atoms with Crippen LogP contribution in [0.4, 0.5) is 17.1 Å². The van der Waals surface area contributed by atoms with Crippen molar-refractivity contribution < 1.29 is 9.59 Å². The van der Waals surface area contributed by atoms with Gasteiger partial charge in [0.25, 0.3) is 0 Å². The van der Waals surface area contributed by atoms with E-state index in [1.807, 2.05) is 45.9 Å². The zero-order valence-electron chi connectivity index (χ0n) is 15.1. The highest BCUT2D eigenvalue weighted by Crippen LogP contribution is 2.18. The maximum absolute atomic E-state index is 12.2. The molecule has 25 heavy (non-hydrogen) atoms. The summed E-state index contributed by atoms with van der Waals surface area (Å²) in [5.74, 6) is -0.298. The SMILES string of the molecule is Cc1cccc(NCC(=O)Nc2cccc(NC(=O)C(C)C)c2)c1C. The smallest absolute Gasteiger partial charge is 0.243 e. The molecule has 132 valence electrons. The Hall–Kier alpha value is -2.82. The Bertz CT molecular complexity index is 769. The molecule has 0 spiro atoms. The number of amides is 2. The van der Waals surface area contributed by atoms with Crippen LogP contribution in [0.5, 0.6) is 0 Å². The molecule has 0 radical (unpaired) electrons. The predicted molar refractivity (Wildman–Crippen MR) is 103 cm³/mol. The largest absolute Gasteiger partial charge is 0.376 e. The molecule has 5 heteroatoms. The number of anilines is 3. The van der Waals surface area contributed by atoms with Gasteiger partial charge in [-0.25, -0.2) is 0 Å². The van der Waals surface area contributed by atoms with Crippen LogP contribution in [0.2, 0.25) is 0 Å². The molecule has 0 heterocycles. The average Bonchev–Trinajstić information content (AvgIpc) is 2.56. The van der Waals surface area contributed by atoms with Gasteiger partial charge in [0.2, 0.25) is 11.8 Å². The molecule has 0 saturated heterocycles. The van der Waals surface area contributed by atoms with Crippen LogP contribution >= 0.6 is 0 Å². The van der Waals surface area contributed by atoms with E-state index in [0.717, 1.165) is 11.3 Å². The summed E-state index contributed by atoms with van der Waals surface area (Å²) in [7, 11) is 0. The number of rotatable bonds is 6. The predicted octanol–water partition coefficient (Wildman–Crippen LogP) is 3.95. The first kappa shape index (κ1) is 18.5. The first-order chi connectivity index (χ1) is 11.9. The Morgan fingerprint density at radius 2 is 1.60 bits per heavy atom. The van der Waals surface area contributed by atoms with Gasteiger partial charge in [-0.15, -0.1) is 0 Å². The highest BCUT2D eigenvalue weighted by atomic mass is 16.2. The summed E-state index contributed by atoms with van der Waals surface area (Å²) in [5.41, 5.74) is 4.58. The molecule has 2 rings (SSSR count). The lowest BCUT2D eigenvalue weighted by atomic mass is 10.1. The summed E-state index contributed by atoms with van der Waals surface area (Å²) in [6.07, 6.45) is 0. The van der Waals surface area contributed by atoms with E-state index in [1.165, 1.54) is 5.56 Å². The molecule has 3 N–H and O–H groups in total. The lowest BCUT2D eigenvalue weighted by molar-refractivity contribution is -0.119. The second-order valence-electron chi connectivity index (χ2n) is 6.37. The number of carbonyl (C=O) groups is 2. The van der Waals surface area contributed by atoms with Gasteiger partial charge in [-0.05, 0) is 49.2 Å². The van der Waals surface area contributed by atoms with E-state index >= 15 is 0 Å². The topological polar surface area (TPSA) is 70.2 Å². The van der Waals surface area contributed by atoms with E-state index in [4.69, 9.17) is 0 Å². The number of carbonyl (C=O) groups excluding carboxylic acids is 2. The Kier molecular flexibility index (Phi) is 6.17. The van der Waals surface area contributed by atoms with Gasteiger partial charge in [-0.2, -0.15) is 0 Å². The lowest BCUT2D eigenvalue weighted by Gasteiger charge is -2.12. The Labute approximate surface area is 148 Å². The van der Waals surface area contributed by atoms with Crippen LogP contribution in [0.1, 0.15) is 25.0 Å². The van der Waals surface area contributed by atoms with Gasteiger partial charge in [0.05, 0.1) is 6.54 Å². The van der Waals surface area contributed by atoms with Gasteiger partial charge in [-0.3, -0.25) is 9.59 Å². The minimum Gasteiger partial charge on any atom is -0.376 e. The molecule has 2 aromatic carbocycles. The van der Waals surface area contributed by atoms with Gasteiger partial charge in [-0.1, -0.05) is 32.0 Å². The van der Waals surface area contributed by atoms with Crippen molar-refractivity contribution in [3.05, 3.63) is 53.6 Å². The van der Waals surface area contributed by atoms with Crippen molar-refractivity contribution >= 4 is 28.9 Å². The van der Waals surface area contributed by atoms with Crippen molar-refractivity contribution in [2.45, 2.75) is 27.7 Å². The van der Waals surface area contributed by atoms with Crippen molar-refractivity contribution in [3.8, 4) is 0 Å². The van der Waals surface area contributed by atoms with E-state index in [1.54, 1.807) is 24.3 Å². The molecular weight excluding hydrogens is 314 g/mol. The first-order valence-electron chi connectivity index (χ1n) is 8.37. The van der Waals surface area contributed by atoms with Crippen molar-refractivity contribution in [2.75, 3.05) is 22.5 Å². The third-order valence-corrected chi connectivity index (χ3v) is 3.98. The molecule has 5 nitrogen and oxygen atoms in total. The van der Waals surface area contributed by atoms with Crippen molar-refractivity contribution in [3.63, 3.8) is 0 Å². The first-order valence-corrected chi connectivity index (χ1v) is 8.37. The molecule has 0 saturated carbocycles. The molecule has 0 aromatic heterocycles. The minimum absolute atomic E-state index is 0.0555. The highest BCUT2D eigenvalue weighted by molar-refractivity contribution is 5.96. The molecule has 0 aliphatic rings. The van der Waals surface area contributed by atoms with Crippen molar-refractivity contribution in [1.82, 2.24) is 0 Å². The lowest BCUT2D eigenvalue weighted by Crippen LogP contribution is -2.22. The van der Waals surface area contributed by atoms with Crippen LogP contribution in [0.3, 0.4) is 0 Å². The molecule has 0 unspecified atom stereocenters. The zero-order chi connectivity index (χ0) is 18.4. The minimum atomic E-state index is -0.145. The summed E-state index contributed by atoms with van der Waals surface area (Å²) in [6, 6.07) is 13.1. The fourth-order valence-electron chi connectivity index (χ4n) is 2.28. The van der Waals surface area contributed by atoms with Crippen LogP contribution in [-0.2, 0) is 9.59 Å². The quantitative estimate of drug-likeness (QED) is 0.746. The summed E-state index contributed by atoms with van der Waals surface area (Å²) >= 11 is 0. The van der Waals surface area contributed by atoms with Gasteiger partial charge in [0, 0.05) is 23.0 Å². The number of aryl methyl sites for hydroxylation is 1. The fourth-order valence-corrected chi connectivity index (χ4v) is 2.28. The van der Waals surface area contributed by atoms with E-state index in [-0.39, 0.29) is 24.3 Å². The van der Waals surface area contributed by atoms with Crippen LogP contribution in [-0.4, -0.2) is 18.4 Å². The van der Waals surface area contributed by atoms with Gasteiger partial charge in [0.15, 0.2) is 0 Å². The monoisotopic (exact) mass is 339 g/mol. The molecule has 0 aliphatic carbocycles. The Balaban J connectivity index is 1.94. The molecule has 0 fully saturated rings. The summed E-state index contributed by atoms with van der Waals surface area (Å²) in [4.78, 5) is 23.9. The second kappa shape index (κ2) is 8.33. The standard InChI is InChI=1S/C20H25N3O2/c1-13(2)20(25)23-17-9-6-8-16(11-17)22-19(24)12-21-18-10-5-7-14(3)15(18)4/h5-11,13,21H,12H2,1-4H3,(H,22,24)(H,23,25). The van der Waals surface area contributed by atoms with E-state index in [9.17, 15) is 9.59 Å². The van der Waals surface area contributed by atoms with Gasteiger partial charge in [0.1, 0.15) is 0 Å². The third kappa shape index (κ3) is 5.35. The number of hydrogen-bond donors (Lipinski definition) is 3. The van der Waals surface area contributed by atoms with Crippen LogP contribution in [0.15, 0.2) is 42.5 Å². The highest BCUT2D eigenvalue weighted by Gasteiger charge is 2.08. The summed E-state index contributed by atoms with van der Waals surface area (Å²) < 4.78 is 0. The Morgan fingerprint density at radius 1 is 0.960 bits per heavy atom. The number of benzene rings is 2. The summed E-state index contributed by atoms with van der Waals surface area (Å²) in [5, 5.41) is 8.81. The Morgan fingerprint density at radius 3 is 2.28 bits per heavy atom. The maximum Gasteiger partial charge on any atom is 0.243 e. The van der Waals surface area contributed by atoms with E-state index < -0.39 is 0 Å². The molecule has 0 atom stereocenters. The molecule has 2 amide bonds. The molecule has 0 bridgehead atoms. The van der Waals surface area contributed by atoms with Crippen molar-refractivity contribution in [1.29, 1.82) is 0 Å². The maximum atomic E-state index is 12.2. The van der Waals surface area contributed by atoms with E-state index in [2.05, 4.69) is 16.0 Å². The van der Waals surface area contributed by atoms with Gasteiger partial charge < -0.3 is 16.0 Å². The van der Waals surface area contributed by atoms with Crippen LogP contribution in [0, 0.1) is 19.8 Å². The number of nitrogens with one attached hydrogen (secondary N) is 3. The third-order valence-electron chi connectivity index (χ3n) is 3.98. The number of hydrogen-bond acceptors (Lipinski definition) is 3. The van der Waals surface area contributed by atoms with Crippen LogP contribution in [0.25, 0.3) is 0 Å². The average molecular weight is 339 g/mol. The zero-order valence-corrected chi connectivity index (χ0v) is 15.1. The van der Waals surface area contributed by atoms with E-state index in [0.29, 0.717) is 11.4 Å². The second-order valence-corrected chi connectivity index (χ2v) is 6.37. The van der Waals surface area contributed by atoms with Gasteiger partial charge >= 0.3 is 0 Å². The molecule has 2 aromatic rings. The molecule has 0 aliphatic heterocycles. The molecular formula is C20H25N3O2. The van der Waals surface area contributed by atoms with Crippen LogP contribution < -0.4 is 16.0 Å². The normalized spacial score (nSPS) is 10.4. The van der Waals surface area contributed by atoms with Crippen molar-refractivity contribution in [2.24, 2.45) is 5.92 Å². The fraction of sp³-hybridized carbons (Fsp3) is 0.300. The summed E-state index contributed by atoms with van der Waals surface area (Å²) in [6.45, 7) is 7.90.